The maximum atomic E-state index is 14.1. The Morgan fingerprint density at radius 3 is 2.38 bits per heavy atom. The van der Waals surface area contributed by atoms with Crippen molar-refractivity contribution in [3.05, 3.63) is 23.3 Å². The van der Waals surface area contributed by atoms with Crippen LogP contribution in [0.2, 0.25) is 0 Å². The van der Waals surface area contributed by atoms with E-state index >= 15 is 0 Å². The molecule has 0 amide bonds. The number of sulfone groups is 1. The summed E-state index contributed by atoms with van der Waals surface area (Å²) in [5.41, 5.74) is -2.78. The number of ether oxygens (including phenoxy) is 1. The Balaban J connectivity index is 2.57. The summed E-state index contributed by atoms with van der Waals surface area (Å²) in [6, 6.07) is 2.59. The van der Waals surface area contributed by atoms with Gasteiger partial charge in [-0.15, -0.1) is 0 Å². The molecule has 0 radical (unpaired) electrons. The van der Waals surface area contributed by atoms with Crippen molar-refractivity contribution in [2.75, 3.05) is 32.2 Å². The van der Waals surface area contributed by atoms with Crippen LogP contribution >= 0.6 is 0 Å². The standard InChI is InChI=1S/C19H27F3N2O4S/c1-5-24(3)12-23-16-11-17(28-4)15(10-13(16)2)18(25,19(20,21)22)14-6-8-29(26,27)9-7-14/h10-12,14,25H,5-9H2,1-4H3. The molecule has 1 fully saturated rings. The fourth-order valence-electron chi connectivity index (χ4n) is 3.44. The molecule has 1 aliphatic rings. The first kappa shape index (κ1) is 23.5. The highest BCUT2D eigenvalue weighted by molar-refractivity contribution is 7.91. The Hall–Kier alpha value is -1.81. The number of aliphatic hydroxyl groups is 1. The summed E-state index contributed by atoms with van der Waals surface area (Å²) in [7, 11) is -0.352. The van der Waals surface area contributed by atoms with Crippen LogP contribution in [0, 0.1) is 12.8 Å². The van der Waals surface area contributed by atoms with Gasteiger partial charge in [0.2, 0.25) is 0 Å². The number of aryl methyl sites for hydroxylation is 1. The Bertz CT molecular complexity index is 857. The fourth-order valence-corrected chi connectivity index (χ4v) is 4.93. The van der Waals surface area contributed by atoms with E-state index in [0.29, 0.717) is 17.8 Å². The SMILES string of the molecule is CCN(C)C=Nc1cc(OC)c(C(O)(C2CCS(=O)(=O)CC2)C(F)(F)F)cc1C. The highest BCUT2D eigenvalue weighted by Gasteiger charge is 2.61. The van der Waals surface area contributed by atoms with Gasteiger partial charge in [0, 0.05) is 31.1 Å². The summed E-state index contributed by atoms with van der Waals surface area (Å²) in [5.74, 6) is -2.21. The first-order valence-electron chi connectivity index (χ1n) is 9.28. The average molecular weight is 436 g/mol. The van der Waals surface area contributed by atoms with Gasteiger partial charge in [-0.2, -0.15) is 13.2 Å². The zero-order valence-electron chi connectivity index (χ0n) is 17.0. The van der Waals surface area contributed by atoms with Crippen molar-refractivity contribution >= 4 is 21.9 Å². The molecule has 1 aromatic carbocycles. The fraction of sp³-hybridized carbons (Fsp3) is 0.632. The number of hydrogen-bond acceptors (Lipinski definition) is 5. The Morgan fingerprint density at radius 1 is 1.31 bits per heavy atom. The summed E-state index contributed by atoms with van der Waals surface area (Å²) in [6.07, 6.45) is -4.00. The third-order valence-electron chi connectivity index (χ3n) is 5.40. The Morgan fingerprint density at radius 2 is 1.90 bits per heavy atom. The number of alkyl halides is 3. The Kier molecular flexibility index (Phi) is 6.89. The van der Waals surface area contributed by atoms with Crippen molar-refractivity contribution in [3.63, 3.8) is 0 Å². The molecular weight excluding hydrogens is 409 g/mol. The van der Waals surface area contributed by atoms with Crippen LogP contribution in [0.4, 0.5) is 18.9 Å². The molecule has 2 rings (SSSR count). The number of methoxy groups -OCH3 is 1. The maximum Gasteiger partial charge on any atom is 0.421 e. The summed E-state index contributed by atoms with van der Waals surface area (Å²) in [6.45, 7) is 4.23. The van der Waals surface area contributed by atoms with Crippen LogP contribution in [0.15, 0.2) is 17.1 Å². The zero-order chi connectivity index (χ0) is 22.0. The van der Waals surface area contributed by atoms with Gasteiger partial charge in [0.25, 0.3) is 0 Å². The second-order valence-corrected chi connectivity index (χ2v) is 9.65. The number of halogens is 3. The van der Waals surface area contributed by atoms with Crippen LogP contribution in [0.3, 0.4) is 0 Å². The van der Waals surface area contributed by atoms with Gasteiger partial charge < -0.3 is 14.7 Å². The molecule has 0 spiro atoms. The van der Waals surface area contributed by atoms with Crippen LogP contribution in [0.25, 0.3) is 0 Å². The van der Waals surface area contributed by atoms with E-state index in [9.17, 15) is 26.7 Å². The number of rotatable bonds is 6. The molecule has 1 N–H and O–H groups in total. The number of aliphatic imine (C=N–C) groups is 1. The summed E-state index contributed by atoms with van der Waals surface area (Å²) in [4.78, 5) is 6.08. The second-order valence-electron chi connectivity index (χ2n) is 7.35. The number of hydrogen-bond donors (Lipinski definition) is 1. The number of benzene rings is 1. The molecule has 0 aromatic heterocycles. The van der Waals surface area contributed by atoms with Crippen LogP contribution in [-0.2, 0) is 15.4 Å². The zero-order valence-corrected chi connectivity index (χ0v) is 17.8. The predicted octanol–water partition coefficient (Wildman–Crippen LogP) is 3.19. The summed E-state index contributed by atoms with van der Waals surface area (Å²) >= 11 is 0. The lowest BCUT2D eigenvalue weighted by atomic mass is 9.76. The Labute approximate surface area is 169 Å². The highest BCUT2D eigenvalue weighted by atomic mass is 32.2. The largest absolute Gasteiger partial charge is 0.496 e. The third-order valence-corrected chi connectivity index (χ3v) is 7.11. The topological polar surface area (TPSA) is 79.2 Å². The molecule has 164 valence electrons. The molecule has 1 aromatic rings. The number of nitrogens with zero attached hydrogens (tertiary/aromatic N) is 2. The van der Waals surface area contributed by atoms with Crippen molar-refractivity contribution in [1.29, 1.82) is 0 Å². The van der Waals surface area contributed by atoms with Gasteiger partial charge in [0.15, 0.2) is 5.60 Å². The minimum absolute atomic E-state index is 0.143. The van der Waals surface area contributed by atoms with Gasteiger partial charge in [-0.25, -0.2) is 13.4 Å². The normalized spacial score (nSPS) is 19.9. The van der Waals surface area contributed by atoms with Crippen LogP contribution < -0.4 is 4.74 Å². The first-order chi connectivity index (χ1) is 13.4. The minimum atomic E-state index is -5.01. The van der Waals surface area contributed by atoms with Gasteiger partial charge in [-0.1, -0.05) is 0 Å². The molecule has 1 heterocycles. The highest BCUT2D eigenvalue weighted by Crippen LogP contribution is 2.51. The van der Waals surface area contributed by atoms with Gasteiger partial charge in [-0.3, -0.25) is 0 Å². The summed E-state index contributed by atoms with van der Waals surface area (Å²) in [5, 5.41) is 11.0. The van der Waals surface area contributed by atoms with E-state index in [1.54, 1.807) is 18.2 Å². The monoisotopic (exact) mass is 436 g/mol. The van der Waals surface area contributed by atoms with E-state index in [-0.39, 0.29) is 30.1 Å². The lowest BCUT2D eigenvalue weighted by Gasteiger charge is -2.40. The molecule has 1 aliphatic heterocycles. The van der Waals surface area contributed by atoms with Crippen LogP contribution in [-0.4, -0.2) is 63.1 Å². The molecule has 10 heteroatoms. The molecule has 0 saturated carbocycles. The van der Waals surface area contributed by atoms with Crippen LogP contribution in [0.1, 0.15) is 30.9 Å². The maximum absolute atomic E-state index is 14.1. The van der Waals surface area contributed by atoms with Gasteiger partial charge in [0.1, 0.15) is 15.6 Å². The van der Waals surface area contributed by atoms with Crippen molar-refractivity contribution in [2.24, 2.45) is 10.9 Å². The van der Waals surface area contributed by atoms with E-state index < -0.39 is 33.1 Å². The average Bonchev–Trinajstić information content (AvgIpc) is 2.64. The molecule has 0 aliphatic carbocycles. The molecule has 29 heavy (non-hydrogen) atoms. The van der Waals surface area contributed by atoms with Crippen molar-refractivity contribution in [1.82, 2.24) is 4.90 Å². The quantitative estimate of drug-likeness (QED) is 0.547. The molecule has 1 atom stereocenters. The van der Waals surface area contributed by atoms with E-state index in [1.807, 2.05) is 14.0 Å². The second kappa shape index (κ2) is 8.51. The minimum Gasteiger partial charge on any atom is -0.496 e. The van der Waals surface area contributed by atoms with Crippen molar-refractivity contribution < 1.29 is 31.4 Å². The van der Waals surface area contributed by atoms with Gasteiger partial charge in [0.05, 0.1) is 30.6 Å². The van der Waals surface area contributed by atoms with Gasteiger partial charge in [-0.05, 0) is 38.3 Å². The predicted molar refractivity (Wildman–Crippen MR) is 106 cm³/mol. The van der Waals surface area contributed by atoms with Crippen molar-refractivity contribution in [3.8, 4) is 5.75 Å². The molecule has 1 unspecified atom stereocenters. The van der Waals surface area contributed by atoms with E-state index in [0.717, 1.165) is 0 Å². The van der Waals surface area contributed by atoms with Gasteiger partial charge >= 0.3 is 6.18 Å². The molecule has 1 saturated heterocycles. The molecule has 0 bridgehead atoms. The molecular formula is C19H27F3N2O4S. The van der Waals surface area contributed by atoms with Crippen LogP contribution in [0.5, 0.6) is 5.75 Å². The lowest BCUT2D eigenvalue weighted by Crippen LogP contribution is -2.51. The smallest absolute Gasteiger partial charge is 0.421 e. The van der Waals surface area contributed by atoms with Crippen molar-refractivity contribution in [2.45, 2.75) is 38.5 Å². The van der Waals surface area contributed by atoms with E-state index in [2.05, 4.69) is 4.99 Å². The van der Waals surface area contributed by atoms with E-state index in [1.165, 1.54) is 19.2 Å². The first-order valence-corrected chi connectivity index (χ1v) is 11.1. The summed E-state index contributed by atoms with van der Waals surface area (Å²) < 4.78 is 70.9. The van der Waals surface area contributed by atoms with E-state index in [4.69, 9.17) is 4.74 Å². The third kappa shape index (κ3) is 4.85. The molecule has 6 nitrogen and oxygen atoms in total. The lowest BCUT2D eigenvalue weighted by molar-refractivity contribution is -0.288.